The van der Waals surface area contributed by atoms with Crippen LogP contribution in [0.15, 0.2) is 17.2 Å². The Morgan fingerprint density at radius 1 is 1.19 bits per heavy atom. The van der Waals surface area contributed by atoms with Crippen LogP contribution in [-0.4, -0.2) is 65.4 Å². The molecule has 2 fully saturated rings. The number of likely N-dealkylation sites (tertiary alicyclic amines) is 1. The van der Waals surface area contributed by atoms with Crippen molar-refractivity contribution in [2.24, 2.45) is 7.05 Å². The standard InChI is InChI=1S/C17H26F3N5O/c1-23-10-6-21-15(16(23)26)25-7-2-3-14(11-25)22-13-4-8-24(9-5-13)12-17(18,19)20/h6,10,13-14,22H,2-5,7-9,11-12H2,1H3. The summed E-state index contributed by atoms with van der Waals surface area (Å²) < 4.78 is 39.0. The molecule has 6 nitrogen and oxygen atoms in total. The third-order valence-corrected chi connectivity index (χ3v) is 5.18. The number of piperidine rings is 2. The number of halogens is 3. The van der Waals surface area contributed by atoms with Crippen LogP contribution in [0.1, 0.15) is 25.7 Å². The van der Waals surface area contributed by atoms with Gasteiger partial charge in [-0.3, -0.25) is 9.69 Å². The molecule has 26 heavy (non-hydrogen) atoms. The van der Waals surface area contributed by atoms with E-state index in [4.69, 9.17) is 0 Å². The topological polar surface area (TPSA) is 53.4 Å². The zero-order valence-corrected chi connectivity index (χ0v) is 15.0. The lowest BCUT2D eigenvalue weighted by Gasteiger charge is -2.38. The van der Waals surface area contributed by atoms with Gasteiger partial charge in [-0.15, -0.1) is 0 Å². The SMILES string of the molecule is Cn1ccnc(N2CCCC(NC3CCN(CC(F)(F)F)CC3)C2)c1=O. The molecule has 2 saturated heterocycles. The molecule has 3 heterocycles. The summed E-state index contributed by atoms with van der Waals surface area (Å²) in [4.78, 5) is 20.0. The zero-order valence-electron chi connectivity index (χ0n) is 15.0. The van der Waals surface area contributed by atoms with Crippen LogP contribution in [0.25, 0.3) is 0 Å². The largest absolute Gasteiger partial charge is 0.401 e. The van der Waals surface area contributed by atoms with E-state index in [1.807, 2.05) is 4.90 Å². The average molecular weight is 373 g/mol. The maximum atomic E-state index is 12.5. The number of hydrogen-bond acceptors (Lipinski definition) is 5. The summed E-state index contributed by atoms with van der Waals surface area (Å²) in [5, 5.41) is 3.59. The molecule has 146 valence electrons. The van der Waals surface area contributed by atoms with Crippen molar-refractivity contribution in [3.63, 3.8) is 0 Å². The Kier molecular flexibility index (Phi) is 5.86. The van der Waals surface area contributed by atoms with Crippen molar-refractivity contribution in [3.05, 3.63) is 22.7 Å². The summed E-state index contributed by atoms with van der Waals surface area (Å²) in [6.45, 7) is 1.62. The Labute approximate surface area is 151 Å². The second-order valence-corrected chi connectivity index (χ2v) is 7.28. The lowest BCUT2D eigenvalue weighted by Crippen LogP contribution is -2.53. The van der Waals surface area contributed by atoms with Crippen LogP contribution in [0.5, 0.6) is 0 Å². The van der Waals surface area contributed by atoms with Gasteiger partial charge in [-0.25, -0.2) is 4.98 Å². The molecule has 0 spiro atoms. The van der Waals surface area contributed by atoms with Crippen molar-refractivity contribution in [1.82, 2.24) is 19.8 Å². The highest BCUT2D eigenvalue weighted by molar-refractivity contribution is 5.36. The minimum atomic E-state index is -4.13. The number of anilines is 1. The summed E-state index contributed by atoms with van der Waals surface area (Å²) in [6, 6.07) is 0.464. The summed E-state index contributed by atoms with van der Waals surface area (Å²) in [5.41, 5.74) is -0.103. The van der Waals surface area contributed by atoms with Gasteiger partial charge in [0.1, 0.15) is 0 Å². The number of rotatable bonds is 4. The van der Waals surface area contributed by atoms with Crippen molar-refractivity contribution in [1.29, 1.82) is 0 Å². The quantitative estimate of drug-likeness (QED) is 0.864. The first kappa shape index (κ1) is 19.2. The van der Waals surface area contributed by atoms with Crippen molar-refractivity contribution < 1.29 is 13.2 Å². The van der Waals surface area contributed by atoms with Gasteiger partial charge in [-0.1, -0.05) is 0 Å². The normalized spacial score (nSPS) is 23.4. The van der Waals surface area contributed by atoms with Gasteiger partial charge < -0.3 is 14.8 Å². The maximum absolute atomic E-state index is 12.5. The molecule has 3 rings (SSSR count). The van der Waals surface area contributed by atoms with Crippen LogP contribution in [0.4, 0.5) is 19.0 Å². The predicted octanol–water partition coefficient (Wildman–Crippen LogP) is 1.37. The first-order chi connectivity index (χ1) is 12.3. The average Bonchev–Trinajstić information content (AvgIpc) is 2.58. The minimum absolute atomic E-state index is 0.103. The Morgan fingerprint density at radius 3 is 2.62 bits per heavy atom. The Bertz CT molecular complexity index is 655. The molecule has 0 aliphatic carbocycles. The van der Waals surface area contributed by atoms with Gasteiger partial charge in [-0.2, -0.15) is 13.2 Å². The van der Waals surface area contributed by atoms with Crippen molar-refractivity contribution in [3.8, 4) is 0 Å². The van der Waals surface area contributed by atoms with Gasteiger partial charge in [-0.05, 0) is 38.8 Å². The van der Waals surface area contributed by atoms with Crippen molar-refractivity contribution in [2.45, 2.75) is 43.9 Å². The number of alkyl halides is 3. The molecule has 1 N–H and O–H groups in total. The first-order valence-electron chi connectivity index (χ1n) is 9.13. The van der Waals surface area contributed by atoms with Crippen LogP contribution < -0.4 is 15.8 Å². The fourth-order valence-corrected chi connectivity index (χ4v) is 3.85. The molecule has 0 aromatic carbocycles. The molecule has 1 aromatic rings. The molecule has 2 aliphatic rings. The third kappa shape index (κ3) is 4.97. The van der Waals surface area contributed by atoms with Crippen LogP contribution in [-0.2, 0) is 7.05 Å². The highest BCUT2D eigenvalue weighted by Crippen LogP contribution is 2.21. The minimum Gasteiger partial charge on any atom is -0.350 e. The van der Waals surface area contributed by atoms with Crippen LogP contribution in [0.2, 0.25) is 0 Å². The zero-order chi connectivity index (χ0) is 18.7. The molecule has 0 amide bonds. The van der Waals surface area contributed by atoms with Gasteiger partial charge in [0.05, 0.1) is 6.54 Å². The lowest BCUT2D eigenvalue weighted by molar-refractivity contribution is -0.148. The summed E-state index contributed by atoms with van der Waals surface area (Å²) in [5.74, 6) is 0.474. The highest BCUT2D eigenvalue weighted by Gasteiger charge is 2.33. The van der Waals surface area contributed by atoms with Crippen LogP contribution >= 0.6 is 0 Å². The molecule has 1 aromatic heterocycles. The van der Waals surface area contributed by atoms with E-state index in [0.717, 1.165) is 32.2 Å². The van der Waals surface area contributed by atoms with Gasteiger partial charge in [0, 0.05) is 44.6 Å². The van der Waals surface area contributed by atoms with Crippen LogP contribution in [0.3, 0.4) is 0 Å². The number of nitrogens with one attached hydrogen (secondary N) is 1. The maximum Gasteiger partial charge on any atom is 0.401 e. The predicted molar refractivity (Wildman–Crippen MR) is 93.4 cm³/mol. The number of hydrogen-bond donors (Lipinski definition) is 1. The number of aromatic nitrogens is 2. The van der Waals surface area contributed by atoms with Gasteiger partial charge in [0.15, 0.2) is 5.82 Å². The van der Waals surface area contributed by atoms with E-state index in [1.165, 1.54) is 9.47 Å². The molecule has 1 atom stereocenters. The molecule has 1 unspecified atom stereocenters. The molecular formula is C17H26F3N5O. The van der Waals surface area contributed by atoms with E-state index < -0.39 is 12.7 Å². The summed E-state index contributed by atoms with van der Waals surface area (Å²) >= 11 is 0. The van der Waals surface area contributed by atoms with E-state index in [9.17, 15) is 18.0 Å². The van der Waals surface area contributed by atoms with Gasteiger partial charge in [0.25, 0.3) is 5.56 Å². The van der Waals surface area contributed by atoms with Crippen molar-refractivity contribution in [2.75, 3.05) is 37.6 Å². The second kappa shape index (κ2) is 7.96. The first-order valence-corrected chi connectivity index (χ1v) is 9.13. The molecule has 0 radical (unpaired) electrons. The smallest absolute Gasteiger partial charge is 0.350 e. The fraction of sp³-hybridized carbons (Fsp3) is 0.765. The van der Waals surface area contributed by atoms with E-state index in [2.05, 4.69) is 10.3 Å². The van der Waals surface area contributed by atoms with E-state index in [0.29, 0.717) is 25.5 Å². The second-order valence-electron chi connectivity index (χ2n) is 7.28. The molecule has 0 saturated carbocycles. The van der Waals surface area contributed by atoms with Crippen molar-refractivity contribution >= 4 is 5.82 Å². The summed E-state index contributed by atoms with van der Waals surface area (Å²) in [7, 11) is 1.71. The van der Waals surface area contributed by atoms with E-state index in [-0.39, 0.29) is 17.6 Å². The monoisotopic (exact) mass is 373 g/mol. The summed E-state index contributed by atoms with van der Waals surface area (Å²) in [6.07, 6.45) is 2.55. The van der Waals surface area contributed by atoms with E-state index >= 15 is 0 Å². The molecule has 9 heteroatoms. The number of nitrogens with zero attached hydrogens (tertiary/aromatic N) is 4. The molecule has 0 bridgehead atoms. The molecule has 2 aliphatic heterocycles. The van der Waals surface area contributed by atoms with Gasteiger partial charge in [0.2, 0.25) is 0 Å². The van der Waals surface area contributed by atoms with E-state index in [1.54, 1.807) is 19.4 Å². The lowest BCUT2D eigenvalue weighted by atomic mass is 10.00. The third-order valence-electron chi connectivity index (χ3n) is 5.18. The number of aryl methyl sites for hydroxylation is 1. The Morgan fingerprint density at radius 2 is 1.92 bits per heavy atom. The van der Waals surface area contributed by atoms with Crippen LogP contribution in [0, 0.1) is 0 Å². The van der Waals surface area contributed by atoms with Gasteiger partial charge >= 0.3 is 6.18 Å². The fourth-order valence-electron chi connectivity index (χ4n) is 3.85. The molecular weight excluding hydrogens is 347 g/mol. The highest BCUT2D eigenvalue weighted by atomic mass is 19.4. The Balaban J connectivity index is 1.52. The Hall–Kier alpha value is -1.61.